The first kappa shape index (κ1) is 18.6. The van der Waals surface area contributed by atoms with Crippen LogP contribution in [0.5, 0.6) is 0 Å². The topological polar surface area (TPSA) is 84.1 Å². The van der Waals surface area contributed by atoms with Crippen LogP contribution in [0.2, 0.25) is 0 Å². The van der Waals surface area contributed by atoms with Gasteiger partial charge in [-0.25, -0.2) is 4.98 Å². The lowest BCUT2D eigenvalue weighted by Gasteiger charge is -2.52. The number of carbonyl (C=O) groups is 1. The number of carbonyl (C=O) groups excluding carboxylic acids is 1. The van der Waals surface area contributed by atoms with Gasteiger partial charge in [-0.05, 0) is 40.5 Å². The first-order valence-electron chi connectivity index (χ1n) is 8.62. The van der Waals surface area contributed by atoms with Gasteiger partial charge in [0.05, 0.1) is 12.2 Å². The van der Waals surface area contributed by atoms with Crippen LogP contribution in [-0.2, 0) is 16.0 Å². The molecule has 1 aliphatic carbocycles. The summed E-state index contributed by atoms with van der Waals surface area (Å²) in [5.41, 5.74) is 1.06. The molecule has 24 heavy (non-hydrogen) atoms. The molecule has 0 unspecified atom stereocenters. The molecule has 0 bridgehead atoms. The van der Waals surface area contributed by atoms with Crippen LogP contribution >= 0.6 is 0 Å². The number of aromatic amines is 1. The Labute approximate surface area is 143 Å². The van der Waals surface area contributed by atoms with Crippen molar-refractivity contribution in [3.8, 4) is 0 Å². The summed E-state index contributed by atoms with van der Waals surface area (Å²) in [4.78, 5) is 31.2. The maximum Gasteiger partial charge on any atom is 0.254 e. The van der Waals surface area contributed by atoms with E-state index in [1.165, 1.54) is 0 Å². The summed E-state index contributed by atoms with van der Waals surface area (Å²) in [6.45, 7) is 11.8. The van der Waals surface area contributed by atoms with Crippen molar-refractivity contribution in [2.75, 3.05) is 0 Å². The predicted octanol–water partition coefficient (Wildman–Crippen LogP) is 2.03. The molecular formula is C18H29N3O3. The van der Waals surface area contributed by atoms with Crippen LogP contribution in [0.15, 0.2) is 4.79 Å². The minimum Gasteiger partial charge on any atom is -0.375 e. The minimum absolute atomic E-state index is 0.0320. The molecule has 6 nitrogen and oxygen atoms in total. The zero-order valence-corrected chi connectivity index (χ0v) is 15.5. The highest BCUT2D eigenvalue weighted by molar-refractivity contribution is 5.76. The smallest absolute Gasteiger partial charge is 0.254 e. The van der Waals surface area contributed by atoms with Gasteiger partial charge in [-0.15, -0.1) is 0 Å². The van der Waals surface area contributed by atoms with Crippen molar-refractivity contribution >= 4 is 5.91 Å². The van der Waals surface area contributed by atoms with Crippen molar-refractivity contribution in [3.05, 3.63) is 27.4 Å². The maximum absolute atomic E-state index is 12.2. The second kappa shape index (κ2) is 7.05. The summed E-state index contributed by atoms with van der Waals surface area (Å²) in [6.07, 6.45) is 1.89. The van der Waals surface area contributed by atoms with Crippen molar-refractivity contribution in [2.24, 2.45) is 5.41 Å². The summed E-state index contributed by atoms with van der Waals surface area (Å²) < 4.78 is 5.88. The summed E-state index contributed by atoms with van der Waals surface area (Å²) >= 11 is 0. The standard InChI is InChI=1S/C18H29N3O3/c1-10(2)24-15-9-14(18(15,5)6)21-16(22)8-7-13-11(3)19-12(4)20-17(13)23/h10,14-15H,7-9H2,1-6H3,(H,21,22)(H,19,20,23)/t14-,15+/m1/s1. The molecule has 1 aromatic rings. The van der Waals surface area contributed by atoms with Gasteiger partial charge in [0.15, 0.2) is 0 Å². The summed E-state index contributed by atoms with van der Waals surface area (Å²) in [6, 6.07) is 0.115. The SMILES string of the molecule is Cc1nc(C)c(CCC(=O)N[C@@H]2C[C@H](OC(C)C)C2(C)C)c(=O)[nH]1. The van der Waals surface area contributed by atoms with E-state index in [0.29, 0.717) is 23.5 Å². The second-order valence-electron chi connectivity index (χ2n) is 7.57. The molecule has 2 rings (SSSR count). The van der Waals surface area contributed by atoms with E-state index >= 15 is 0 Å². The van der Waals surface area contributed by atoms with Gasteiger partial charge in [0.25, 0.3) is 5.56 Å². The van der Waals surface area contributed by atoms with Gasteiger partial charge in [0.1, 0.15) is 5.82 Å². The van der Waals surface area contributed by atoms with Crippen molar-refractivity contribution in [3.63, 3.8) is 0 Å². The summed E-state index contributed by atoms with van der Waals surface area (Å²) in [5, 5.41) is 3.08. The highest BCUT2D eigenvalue weighted by Crippen LogP contribution is 2.43. The van der Waals surface area contributed by atoms with E-state index < -0.39 is 0 Å². The molecule has 0 spiro atoms. The van der Waals surface area contributed by atoms with E-state index in [1.54, 1.807) is 13.8 Å². The van der Waals surface area contributed by atoms with E-state index in [0.717, 1.165) is 6.42 Å². The van der Waals surface area contributed by atoms with E-state index in [-0.39, 0.29) is 41.6 Å². The third-order valence-electron chi connectivity index (χ3n) is 4.89. The Bertz CT molecular complexity index is 664. The van der Waals surface area contributed by atoms with Gasteiger partial charge in [0.2, 0.25) is 5.91 Å². The first-order valence-corrected chi connectivity index (χ1v) is 8.62. The lowest BCUT2D eigenvalue weighted by molar-refractivity contribution is -0.148. The minimum atomic E-state index is -0.151. The number of aromatic nitrogens is 2. The van der Waals surface area contributed by atoms with Crippen molar-refractivity contribution in [1.29, 1.82) is 0 Å². The van der Waals surface area contributed by atoms with Crippen LogP contribution in [0, 0.1) is 19.3 Å². The van der Waals surface area contributed by atoms with Crippen molar-refractivity contribution < 1.29 is 9.53 Å². The van der Waals surface area contributed by atoms with Gasteiger partial charge in [0, 0.05) is 29.1 Å². The lowest BCUT2D eigenvalue weighted by atomic mass is 9.64. The molecule has 0 aliphatic heterocycles. The van der Waals surface area contributed by atoms with Gasteiger partial charge in [-0.1, -0.05) is 13.8 Å². The Morgan fingerprint density at radius 3 is 2.62 bits per heavy atom. The van der Waals surface area contributed by atoms with Crippen molar-refractivity contribution in [1.82, 2.24) is 15.3 Å². The number of hydrogen-bond donors (Lipinski definition) is 2. The zero-order chi connectivity index (χ0) is 18.1. The number of nitrogens with zero attached hydrogens (tertiary/aromatic N) is 1. The van der Waals surface area contributed by atoms with E-state index in [2.05, 4.69) is 29.1 Å². The second-order valence-corrected chi connectivity index (χ2v) is 7.57. The average Bonchev–Trinajstić information content (AvgIpc) is 2.44. The highest BCUT2D eigenvalue weighted by Gasteiger charge is 2.49. The molecule has 134 valence electrons. The van der Waals surface area contributed by atoms with Crippen molar-refractivity contribution in [2.45, 2.75) is 79.1 Å². The molecule has 0 saturated heterocycles. The van der Waals surface area contributed by atoms with Crippen LogP contribution in [-0.4, -0.2) is 34.1 Å². The van der Waals surface area contributed by atoms with Gasteiger partial charge >= 0.3 is 0 Å². The third-order valence-corrected chi connectivity index (χ3v) is 4.89. The third kappa shape index (κ3) is 4.04. The fourth-order valence-corrected chi connectivity index (χ4v) is 3.24. The molecule has 1 aliphatic rings. The van der Waals surface area contributed by atoms with Crippen LogP contribution in [0.25, 0.3) is 0 Å². The van der Waals surface area contributed by atoms with Crippen LogP contribution in [0.1, 0.15) is 57.6 Å². The molecule has 1 saturated carbocycles. The van der Waals surface area contributed by atoms with E-state index in [1.807, 2.05) is 13.8 Å². The molecular weight excluding hydrogens is 306 g/mol. The van der Waals surface area contributed by atoms with E-state index in [9.17, 15) is 9.59 Å². The molecule has 0 aromatic carbocycles. The number of ether oxygens (including phenoxy) is 1. The molecule has 6 heteroatoms. The largest absolute Gasteiger partial charge is 0.375 e. The van der Waals surface area contributed by atoms with Crippen LogP contribution < -0.4 is 10.9 Å². The molecule has 1 aromatic heterocycles. The molecule has 1 amide bonds. The molecule has 2 atom stereocenters. The number of hydrogen-bond acceptors (Lipinski definition) is 4. The lowest BCUT2D eigenvalue weighted by Crippen LogP contribution is -2.62. The summed E-state index contributed by atoms with van der Waals surface area (Å²) in [5.74, 6) is 0.563. The average molecular weight is 335 g/mol. The van der Waals surface area contributed by atoms with Crippen LogP contribution in [0.4, 0.5) is 0 Å². The number of amides is 1. The fourth-order valence-electron chi connectivity index (χ4n) is 3.24. The van der Waals surface area contributed by atoms with Gasteiger partial charge in [-0.3, -0.25) is 9.59 Å². The number of H-pyrrole nitrogens is 1. The fraction of sp³-hybridized carbons (Fsp3) is 0.722. The molecule has 1 heterocycles. The van der Waals surface area contributed by atoms with Gasteiger partial charge in [-0.2, -0.15) is 0 Å². The normalized spacial score (nSPS) is 22.3. The molecule has 2 N–H and O–H groups in total. The Morgan fingerprint density at radius 2 is 2.08 bits per heavy atom. The molecule has 0 radical (unpaired) electrons. The number of nitrogens with one attached hydrogen (secondary N) is 2. The summed E-state index contributed by atoms with van der Waals surface area (Å²) in [7, 11) is 0. The zero-order valence-electron chi connectivity index (χ0n) is 15.5. The number of aryl methyl sites for hydroxylation is 2. The Morgan fingerprint density at radius 1 is 1.42 bits per heavy atom. The Balaban J connectivity index is 1.88. The number of rotatable bonds is 6. The maximum atomic E-state index is 12.2. The Kier molecular flexibility index (Phi) is 5.48. The quantitative estimate of drug-likeness (QED) is 0.833. The van der Waals surface area contributed by atoms with Crippen LogP contribution in [0.3, 0.4) is 0 Å². The molecule has 1 fully saturated rings. The highest BCUT2D eigenvalue weighted by atomic mass is 16.5. The first-order chi connectivity index (χ1) is 11.1. The van der Waals surface area contributed by atoms with Gasteiger partial charge < -0.3 is 15.0 Å². The van der Waals surface area contributed by atoms with E-state index in [4.69, 9.17) is 4.74 Å². The Hall–Kier alpha value is -1.69. The predicted molar refractivity (Wildman–Crippen MR) is 93.0 cm³/mol. The monoisotopic (exact) mass is 335 g/mol.